The Morgan fingerprint density at radius 2 is 1.74 bits per heavy atom. The molecular formula is C26H33N3O4S. The Kier molecular flexibility index (Phi) is 6.82. The van der Waals surface area contributed by atoms with E-state index in [0.717, 1.165) is 41.1 Å². The molecule has 2 amide bonds. The summed E-state index contributed by atoms with van der Waals surface area (Å²) in [6.07, 6.45) is 4.58. The Morgan fingerprint density at radius 1 is 1.09 bits per heavy atom. The van der Waals surface area contributed by atoms with Gasteiger partial charge in [-0.25, -0.2) is 8.42 Å². The van der Waals surface area contributed by atoms with Crippen LogP contribution in [0.4, 0.5) is 5.69 Å². The van der Waals surface area contributed by atoms with Crippen LogP contribution in [0, 0.1) is 6.92 Å². The quantitative estimate of drug-likeness (QED) is 0.682. The molecule has 0 unspecified atom stereocenters. The van der Waals surface area contributed by atoms with Gasteiger partial charge in [-0.2, -0.15) is 4.31 Å². The van der Waals surface area contributed by atoms with Gasteiger partial charge in [-0.05, 0) is 56.9 Å². The van der Waals surface area contributed by atoms with Crippen LogP contribution in [0.15, 0.2) is 53.4 Å². The Bertz CT molecular complexity index is 1170. The monoisotopic (exact) mass is 483 g/mol. The third-order valence-electron chi connectivity index (χ3n) is 6.99. The van der Waals surface area contributed by atoms with Gasteiger partial charge in [-0.3, -0.25) is 14.5 Å². The third kappa shape index (κ3) is 4.49. The van der Waals surface area contributed by atoms with Crippen molar-refractivity contribution in [2.45, 2.75) is 69.4 Å². The lowest BCUT2D eigenvalue weighted by Crippen LogP contribution is -2.70. The zero-order valence-corrected chi connectivity index (χ0v) is 20.9. The van der Waals surface area contributed by atoms with Gasteiger partial charge in [0.15, 0.2) is 0 Å². The van der Waals surface area contributed by atoms with E-state index in [-0.39, 0.29) is 29.9 Å². The van der Waals surface area contributed by atoms with E-state index in [1.54, 1.807) is 31.2 Å². The maximum absolute atomic E-state index is 13.7. The molecule has 4 rings (SSSR count). The number of amides is 2. The standard InChI is InChI=1S/C26H33N3O4S/c1-4-20-9-5-8-12-23(20)29-24(30)17-28(34(32,33)22-15-13-19(2)14-16-22)18-26(29,3)25(31)27-21-10-6-7-11-21/h5,8-9,12-16,21H,4,6-7,10-11,17-18H2,1-3H3,(H,27,31)/t26-/m0/s1. The molecule has 1 heterocycles. The normalized spacial score (nSPS) is 22.2. The summed E-state index contributed by atoms with van der Waals surface area (Å²) < 4.78 is 28.1. The van der Waals surface area contributed by atoms with Crippen LogP contribution < -0.4 is 10.2 Å². The number of carbonyl (C=O) groups is 2. The van der Waals surface area contributed by atoms with Crippen molar-refractivity contribution in [1.82, 2.24) is 9.62 Å². The first-order chi connectivity index (χ1) is 16.2. The second-order valence-corrected chi connectivity index (χ2v) is 11.5. The maximum Gasteiger partial charge on any atom is 0.247 e. The summed E-state index contributed by atoms with van der Waals surface area (Å²) in [7, 11) is -3.96. The maximum atomic E-state index is 13.7. The second kappa shape index (κ2) is 9.50. The van der Waals surface area contributed by atoms with Crippen LogP contribution in [0.1, 0.15) is 50.7 Å². The number of aryl methyl sites for hydroxylation is 2. The van der Waals surface area contributed by atoms with Gasteiger partial charge in [-0.15, -0.1) is 0 Å². The SMILES string of the molecule is CCc1ccccc1N1C(=O)CN(S(=O)(=O)c2ccc(C)cc2)C[C@@]1(C)C(=O)NC1CCCC1. The van der Waals surface area contributed by atoms with Gasteiger partial charge < -0.3 is 5.32 Å². The van der Waals surface area contributed by atoms with E-state index in [1.165, 1.54) is 4.90 Å². The lowest BCUT2D eigenvalue weighted by Gasteiger charge is -2.47. The van der Waals surface area contributed by atoms with Gasteiger partial charge in [0.05, 0.1) is 11.4 Å². The molecule has 8 heteroatoms. The fourth-order valence-electron chi connectivity index (χ4n) is 5.01. The minimum Gasteiger partial charge on any atom is -0.351 e. The number of nitrogens with one attached hydrogen (secondary N) is 1. The summed E-state index contributed by atoms with van der Waals surface area (Å²) in [4.78, 5) is 29.0. The summed E-state index contributed by atoms with van der Waals surface area (Å²) in [5.74, 6) is -0.727. The van der Waals surface area contributed by atoms with Crippen molar-refractivity contribution in [1.29, 1.82) is 0 Å². The molecule has 1 N–H and O–H groups in total. The van der Waals surface area contributed by atoms with Gasteiger partial charge in [0.25, 0.3) is 0 Å². The zero-order valence-electron chi connectivity index (χ0n) is 20.1. The predicted octanol–water partition coefficient (Wildman–Crippen LogP) is 3.41. The van der Waals surface area contributed by atoms with E-state index in [4.69, 9.17) is 0 Å². The first kappa shape index (κ1) is 24.4. The van der Waals surface area contributed by atoms with Gasteiger partial charge in [0.1, 0.15) is 5.54 Å². The number of carbonyl (C=O) groups excluding carboxylic acids is 2. The average molecular weight is 484 g/mol. The molecule has 7 nitrogen and oxygen atoms in total. The van der Waals surface area contributed by atoms with Gasteiger partial charge in [0, 0.05) is 18.3 Å². The predicted molar refractivity (Wildman–Crippen MR) is 132 cm³/mol. The molecular weight excluding hydrogens is 450 g/mol. The molecule has 182 valence electrons. The Balaban J connectivity index is 1.75. The Labute approximate surface area is 202 Å². The van der Waals surface area contributed by atoms with E-state index in [1.807, 2.05) is 38.1 Å². The summed E-state index contributed by atoms with van der Waals surface area (Å²) >= 11 is 0. The molecule has 0 radical (unpaired) electrons. The zero-order chi connectivity index (χ0) is 24.5. The van der Waals surface area contributed by atoms with Crippen molar-refractivity contribution in [3.8, 4) is 0 Å². The van der Waals surface area contributed by atoms with Crippen LogP contribution in [0.2, 0.25) is 0 Å². The fourth-order valence-corrected chi connectivity index (χ4v) is 6.49. The van der Waals surface area contributed by atoms with Crippen molar-refractivity contribution in [3.05, 3.63) is 59.7 Å². The van der Waals surface area contributed by atoms with Crippen LogP contribution in [-0.4, -0.2) is 49.2 Å². The molecule has 2 fully saturated rings. The molecule has 1 aliphatic carbocycles. The topological polar surface area (TPSA) is 86.8 Å². The number of benzene rings is 2. The summed E-state index contributed by atoms with van der Waals surface area (Å²) in [6, 6.07) is 14.1. The lowest BCUT2D eigenvalue weighted by molar-refractivity contribution is -0.133. The number of hydrogen-bond acceptors (Lipinski definition) is 4. The number of hydrogen-bond donors (Lipinski definition) is 1. The minimum atomic E-state index is -3.96. The number of para-hydroxylation sites is 1. The number of sulfonamides is 1. The number of piperazine rings is 1. The fraction of sp³-hybridized carbons (Fsp3) is 0.462. The van der Waals surface area contributed by atoms with E-state index >= 15 is 0 Å². The van der Waals surface area contributed by atoms with E-state index in [9.17, 15) is 18.0 Å². The Morgan fingerprint density at radius 3 is 2.38 bits per heavy atom. The largest absolute Gasteiger partial charge is 0.351 e. The van der Waals surface area contributed by atoms with E-state index < -0.39 is 21.5 Å². The molecule has 0 spiro atoms. The third-order valence-corrected chi connectivity index (χ3v) is 8.80. The van der Waals surface area contributed by atoms with Crippen molar-refractivity contribution < 1.29 is 18.0 Å². The highest BCUT2D eigenvalue weighted by atomic mass is 32.2. The van der Waals surface area contributed by atoms with Crippen LogP contribution in [0.25, 0.3) is 0 Å². The van der Waals surface area contributed by atoms with Gasteiger partial charge in [0.2, 0.25) is 21.8 Å². The summed E-state index contributed by atoms with van der Waals surface area (Å²) in [5, 5.41) is 3.11. The second-order valence-electron chi connectivity index (χ2n) is 9.53. The first-order valence-corrected chi connectivity index (χ1v) is 13.4. The van der Waals surface area contributed by atoms with Crippen molar-refractivity contribution in [2.75, 3.05) is 18.0 Å². The molecule has 0 bridgehead atoms. The van der Waals surface area contributed by atoms with Crippen molar-refractivity contribution in [3.63, 3.8) is 0 Å². The van der Waals surface area contributed by atoms with Crippen LogP contribution in [0.5, 0.6) is 0 Å². The smallest absolute Gasteiger partial charge is 0.247 e. The average Bonchev–Trinajstić information content (AvgIpc) is 3.32. The first-order valence-electron chi connectivity index (χ1n) is 12.0. The molecule has 2 aromatic rings. The highest BCUT2D eigenvalue weighted by molar-refractivity contribution is 7.89. The summed E-state index contributed by atoms with van der Waals surface area (Å²) in [5.41, 5.74) is 1.15. The lowest BCUT2D eigenvalue weighted by atomic mass is 9.92. The molecule has 2 aliphatic rings. The highest BCUT2D eigenvalue weighted by Crippen LogP contribution is 2.35. The van der Waals surface area contributed by atoms with Crippen LogP contribution in [0.3, 0.4) is 0 Å². The van der Waals surface area contributed by atoms with Gasteiger partial charge in [-0.1, -0.05) is 55.7 Å². The van der Waals surface area contributed by atoms with Gasteiger partial charge >= 0.3 is 0 Å². The molecule has 1 saturated heterocycles. The Hall–Kier alpha value is -2.71. The molecule has 34 heavy (non-hydrogen) atoms. The van der Waals surface area contributed by atoms with Crippen LogP contribution in [-0.2, 0) is 26.0 Å². The van der Waals surface area contributed by atoms with Crippen molar-refractivity contribution in [2.24, 2.45) is 0 Å². The van der Waals surface area contributed by atoms with E-state index in [0.29, 0.717) is 12.1 Å². The number of anilines is 1. The van der Waals surface area contributed by atoms with Crippen LogP contribution >= 0.6 is 0 Å². The van der Waals surface area contributed by atoms with E-state index in [2.05, 4.69) is 5.32 Å². The molecule has 0 aromatic heterocycles. The minimum absolute atomic E-state index is 0.0479. The molecule has 1 aliphatic heterocycles. The number of nitrogens with zero attached hydrogens (tertiary/aromatic N) is 2. The summed E-state index contributed by atoms with van der Waals surface area (Å²) in [6.45, 7) is 5.12. The number of rotatable bonds is 6. The van der Waals surface area contributed by atoms with Crippen molar-refractivity contribution >= 4 is 27.5 Å². The highest BCUT2D eigenvalue weighted by Gasteiger charge is 2.51. The molecule has 2 aromatic carbocycles. The molecule has 1 saturated carbocycles. The molecule has 1 atom stereocenters.